The molecule has 0 bridgehead atoms. The number of hydrogen-bond acceptors (Lipinski definition) is 7. The fourth-order valence-corrected chi connectivity index (χ4v) is 3.84. The van der Waals surface area contributed by atoms with Crippen LogP contribution in [0.25, 0.3) is 22.8 Å². The van der Waals surface area contributed by atoms with Crippen LogP contribution in [0.15, 0.2) is 58.1 Å². The van der Waals surface area contributed by atoms with Crippen LogP contribution in [0.3, 0.4) is 0 Å². The van der Waals surface area contributed by atoms with E-state index in [1.54, 1.807) is 19.2 Å². The molecule has 2 heterocycles. The van der Waals surface area contributed by atoms with Crippen molar-refractivity contribution < 1.29 is 9.15 Å². The summed E-state index contributed by atoms with van der Waals surface area (Å²) in [4.78, 5) is 0. The Labute approximate surface area is 177 Å². The topological polar surface area (TPSA) is 78.9 Å². The van der Waals surface area contributed by atoms with Crippen LogP contribution in [0.2, 0.25) is 5.02 Å². The smallest absolute Gasteiger partial charge is 0.247 e. The first kappa shape index (κ1) is 19.5. The van der Waals surface area contributed by atoms with Crippen LogP contribution < -0.4 is 4.74 Å². The molecule has 0 N–H and O–H groups in total. The zero-order valence-corrected chi connectivity index (χ0v) is 17.4. The molecule has 0 aliphatic heterocycles. The Kier molecular flexibility index (Phi) is 5.82. The number of rotatable bonds is 7. The number of methoxy groups -OCH3 is 1. The van der Waals surface area contributed by atoms with E-state index in [1.807, 2.05) is 36.4 Å². The van der Waals surface area contributed by atoms with Crippen molar-refractivity contribution >= 4 is 23.4 Å². The summed E-state index contributed by atoms with van der Waals surface area (Å²) >= 11 is 7.53. The lowest BCUT2D eigenvalue weighted by molar-refractivity contribution is 0.415. The van der Waals surface area contributed by atoms with Gasteiger partial charge in [0.25, 0.3) is 0 Å². The van der Waals surface area contributed by atoms with Crippen LogP contribution in [-0.4, -0.2) is 32.1 Å². The average molecular weight is 428 g/mol. The maximum atomic E-state index is 6.03. The fourth-order valence-electron chi connectivity index (χ4n) is 2.81. The minimum absolute atomic E-state index is 0.444. The van der Waals surface area contributed by atoms with Crippen LogP contribution in [0.5, 0.6) is 5.75 Å². The van der Waals surface area contributed by atoms with Gasteiger partial charge in [0.15, 0.2) is 11.0 Å². The Morgan fingerprint density at radius 3 is 2.59 bits per heavy atom. The molecular formula is C20H18ClN5O2S. The van der Waals surface area contributed by atoms with Crippen molar-refractivity contribution in [2.75, 3.05) is 7.11 Å². The van der Waals surface area contributed by atoms with Crippen molar-refractivity contribution in [2.24, 2.45) is 0 Å². The van der Waals surface area contributed by atoms with Gasteiger partial charge in [-0.25, -0.2) is 0 Å². The standard InChI is InChI=1S/C20H18ClN5O2S/c1-3-26-18(13-7-9-16(27-2)10-8-13)23-25-20(26)29-12-17-22-24-19(28-17)14-5-4-6-15(21)11-14/h4-11H,3,12H2,1-2H3. The van der Waals surface area contributed by atoms with E-state index in [1.165, 1.54) is 11.8 Å². The molecule has 4 aromatic rings. The maximum Gasteiger partial charge on any atom is 0.247 e. The van der Waals surface area contributed by atoms with Gasteiger partial charge >= 0.3 is 0 Å². The number of ether oxygens (including phenoxy) is 1. The van der Waals surface area contributed by atoms with E-state index in [4.69, 9.17) is 20.8 Å². The van der Waals surface area contributed by atoms with E-state index in [0.717, 1.165) is 34.4 Å². The van der Waals surface area contributed by atoms with Gasteiger partial charge in [-0.3, -0.25) is 0 Å². The summed E-state index contributed by atoms with van der Waals surface area (Å²) in [5.41, 5.74) is 1.77. The van der Waals surface area contributed by atoms with Crippen molar-refractivity contribution in [2.45, 2.75) is 24.4 Å². The van der Waals surface area contributed by atoms with Gasteiger partial charge in [0.2, 0.25) is 11.8 Å². The second-order valence-electron chi connectivity index (χ2n) is 6.08. The minimum atomic E-state index is 0.444. The summed E-state index contributed by atoms with van der Waals surface area (Å²) in [5, 5.41) is 18.3. The Balaban J connectivity index is 1.50. The first-order chi connectivity index (χ1) is 14.2. The number of aromatic nitrogens is 5. The summed E-state index contributed by atoms with van der Waals surface area (Å²) in [5.74, 6) is 3.06. The molecule has 7 nitrogen and oxygen atoms in total. The van der Waals surface area contributed by atoms with Gasteiger partial charge in [-0.15, -0.1) is 20.4 Å². The lowest BCUT2D eigenvalue weighted by atomic mass is 10.2. The van der Waals surface area contributed by atoms with Crippen molar-refractivity contribution in [3.8, 4) is 28.6 Å². The normalized spacial score (nSPS) is 11.0. The molecule has 0 saturated carbocycles. The molecule has 0 atom stereocenters. The highest BCUT2D eigenvalue weighted by Crippen LogP contribution is 2.28. The van der Waals surface area contributed by atoms with Gasteiger partial charge in [-0.1, -0.05) is 29.4 Å². The third-order valence-corrected chi connectivity index (χ3v) is 5.43. The molecule has 0 aliphatic rings. The van der Waals surface area contributed by atoms with Gasteiger partial charge in [0, 0.05) is 22.7 Å². The van der Waals surface area contributed by atoms with Crippen molar-refractivity contribution in [1.29, 1.82) is 0 Å². The van der Waals surface area contributed by atoms with Crippen molar-refractivity contribution in [3.63, 3.8) is 0 Å². The largest absolute Gasteiger partial charge is 0.497 e. The van der Waals surface area contributed by atoms with E-state index >= 15 is 0 Å². The third kappa shape index (κ3) is 4.28. The first-order valence-corrected chi connectivity index (χ1v) is 10.3. The van der Waals surface area contributed by atoms with Crippen LogP contribution >= 0.6 is 23.4 Å². The Bertz CT molecular complexity index is 1110. The van der Waals surface area contributed by atoms with Gasteiger partial charge < -0.3 is 13.7 Å². The molecule has 0 saturated heterocycles. The molecule has 0 unspecified atom stereocenters. The van der Waals surface area contributed by atoms with Gasteiger partial charge in [0.1, 0.15) is 5.75 Å². The number of benzene rings is 2. The number of nitrogens with zero attached hydrogens (tertiary/aromatic N) is 5. The third-order valence-electron chi connectivity index (χ3n) is 4.24. The lowest BCUT2D eigenvalue weighted by Gasteiger charge is -2.07. The van der Waals surface area contributed by atoms with Crippen molar-refractivity contribution in [1.82, 2.24) is 25.0 Å². The summed E-state index contributed by atoms with van der Waals surface area (Å²) < 4.78 is 13.0. The molecule has 2 aromatic carbocycles. The van der Waals surface area contributed by atoms with E-state index in [9.17, 15) is 0 Å². The fraction of sp³-hybridized carbons (Fsp3) is 0.200. The van der Waals surface area contributed by atoms with Crippen LogP contribution in [-0.2, 0) is 12.3 Å². The highest BCUT2D eigenvalue weighted by Gasteiger charge is 2.15. The monoisotopic (exact) mass is 427 g/mol. The van der Waals surface area contributed by atoms with Gasteiger partial charge in [-0.05, 0) is 49.4 Å². The zero-order chi connectivity index (χ0) is 20.2. The van der Waals surface area contributed by atoms with Crippen LogP contribution in [0.1, 0.15) is 12.8 Å². The molecule has 0 radical (unpaired) electrons. The second-order valence-corrected chi connectivity index (χ2v) is 7.46. The maximum absolute atomic E-state index is 6.03. The van der Waals surface area contributed by atoms with Crippen LogP contribution in [0.4, 0.5) is 0 Å². The molecule has 0 amide bonds. The SMILES string of the molecule is CCn1c(SCc2nnc(-c3cccc(Cl)c3)o2)nnc1-c1ccc(OC)cc1. The van der Waals surface area contributed by atoms with E-state index in [-0.39, 0.29) is 0 Å². The molecule has 2 aromatic heterocycles. The Hall–Kier alpha value is -2.84. The molecule has 148 valence electrons. The highest BCUT2D eigenvalue weighted by atomic mass is 35.5. The molecule has 4 rings (SSSR count). The van der Waals surface area contributed by atoms with Gasteiger partial charge in [-0.2, -0.15) is 0 Å². The molecule has 0 spiro atoms. The Morgan fingerprint density at radius 1 is 1.03 bits per heavy atom. The van der Waals surface area contributed by atoms with Crippen molar-refractivity contribution in [3.05, 3.63) is 59.4 Å². The predicted molar refractivity (Wildman–Crippen MR) is 112 cm³/mol. The minimum Gasteiger partial charge on any atom is -0.497 e. The van der Waals surface area contributed by atoms with E-state index in [2.05, 4.69) is 31.9 Å². The van der Waals surface area contributed by atoms with E-state index < -0.39 is 0 Å². The number of thioether (sulfide) groups is 1. The molecule has 0 fully saturated rings. The quantitative estimate of drug-likeness (QED) is 0.385. The summed E-state index contributed by atoms with van der Waals surface area (Å²) in [6.45, 7) is 2.80. The number of hydrogen-bond donors (Lipinski definition) is 0. The molecule has 9 heteroatoms. The first-order valence-electron chi connectivity index (χ1n) is 8.96. The van der Waals surface area contributed by atoms with Gasteiger partial charge in [0.05, 0.1) is 12.9 Å². The molecule has 29 heavy (non-hydrogen) atoms. The predicted octanol–water partition coefficient (Wildman–Crippen LogP) is 4.97. The average Bonchev–Trinajstić information content (AvgIpc) is 3.39. The Morgan fingerprint density at radius 2 is 1.86 bits per heavy atom. The summed E-state index contributed by atoms with van der Waals surface area (Å²) in [6, 6.07) is 15.1. The highest BCUT2D eigenvalue weighted by molar-refractivity contribution is 7.98. The lowest BCUT2D eigenvalue weighted by Crippen LogP contribution is -2.00. The van der Waals surface area contributed by atoms with Crippen LogP contribution in [0, 0.1) is 0 Å². The summed E-state index contributed by atoms with van der Waals surface area (Å²) in [7, 11) is 1.65. The summed E-state index contributed by atoms with van der Waals surface area (Å²) in [6.07, 6.45) is 0. The van der Waals surface area contributed by atoms with E-state index in [0.29, 0.717) is 22.6 Å². The zero-order valence-electron chi connectivity index (χ0n) is 15.9. The molecule has 0 aliphatic carbocycles. The molecular weight excluding hydrogens is 410 g/mol. The second kappa shape index (κ2) is 8.67. The number of halogens is 1.